The fourth-order valence-electron chi connectivity index (χ4n) is 2.32. The van der Waals surface area contributed by atoms with Gasteiger partial charge < -0.3 is 5.32 Å². The average molecular weight is 232 g/mol. The molecule has 3 heteroatoms. The molecule has 1 fully saturated rings. The van der Waals surface area contributed by atoms with Gasteiger partial charge in [-0.25, -0.2) is 0 Å². The summed E-state index contributed by atoms with van der Waals surface area (Å²) in [6.07, 6.45) is 7.86. The normalized spacial score (nSPS) is 19.9. The van der Waals surface area contributed by atoms with Gasteiger partial charge in [0.05, 0.1) is 0 Å². The smallest absolute Gasteiger partial charge is 0.251 e. The molecular formula is C14H20N2O. The van der Waals surface area contributed by atoms with Gasteiger partial charge in [-0.05, 0) is 43.2 Å². The fraction of sp³-hybridized carbons (Fsp3) is 0.571. The topological polar surface area (TPSA) is 42.0 Å². The summed E-state index contributed by atoms with van der Waals surface area (Å²) in [7, 11) is 0. The van der Waals surface area contributed by atoms with E-state index in [1.54, 1.807) is 24.5 Å². The van der Waals surface area contributed by atoms with Crippen molar-refractivity contribution in [3.8, 4) is 0 Å². The Bertz CT molecular complexity index is 376. The molecule has 0 spiro atoms. The molecule has 1 saturated carbocycles. The van der Waals surface area contributed by atoms with E-state index in [1.807, 2.05) is 0 Å². The number of rotatable bonds is 2. The van der Waals surface area contributed by atoms with E-state index in [-0.39, 0.29) is 5.91 Å². The number of aromatic nitrogens is 1. The van der Waals surface area contributed by atoms with E-state index < -0.39 is 0 Å². The Hall–Kier alpha value is -1.38. The molecule has 1 aromatic heterocycles. The molecule has 0 unspecified atom stereocenters. The minimum atomic E-state index is 0.0251. The molecular weight excluding hydrogens is 212 g/mol. The van der Waals surface area contributed by atoms with Crippen LogP contribution in [-0.4, -0.2) is 16.9 Å². The summed E-state index contributed by atoms with van der Waals surface area (Å²) in [5.41, 5.74) is 1.14. The first-order valence-electron chi connectivity index (χ1n) is 6.28. The highest BCUT2D eigenvalue weighted by atomic mass is 16.1. The number of nitrogens with zero attached hydrogens (tertiary/aromatic N) is 1. The fourth-order valence-corrected chi connectivity index (χ4v) is 2.32. The van der Waals surface area contributed by atoms with Crippen LogP contribution in [0.1, 0.15) is 49.9 Å². The van der Waals surface area contributed by atoms with Crippen LogP contribution in [0.3, 0.4) is 0 Å². The van der Waals surface area contributed by atoms with Gasteiger partial charge in [-0.1, -0.05) is 13.8 Å². The Balaban J connectivity index is 1.89. The summed E-state index contributed by atoms with van der Waals surface area (Å²) >= 11 is 0. The third kappa shape index (κ3) is 3.29. The monoisotopic (exact) mass is 232 g/mol. The average Bonchev–Trinajstić information content (AvgIpc) is 2.33. The maximum absolute atomic E-state index is 11.9. The number of nitrogens with one attached hydrogen (secondary N) is 1. The molecule has 1 aromatic rings. The molecule has 0 bridgehead atoms. The Kier molecular flexibility index (Phi) is 3.46. The van der Waals surface area contributed by atoms with Crippen LogP contribution in [0.25, 0.3) is 0 Å². The number of hydrogen-bond donors (Lipinski definition) is 1. The number of carbonyl (C=O) groups excluding carboxylic acids is 1. The van der Waals surface area contributed by atoms with Crippen LogP contribution in [0.4, 0.5) is 0 Å². The Morgan fingerprint density at radius 1 is 1.29 bits per heavy atom. The molecule has 1 aliphatic carbocycles. The molecule has 1 N–H and O–H groups in total. The van der Waals surface area contributed by atoms with Gasteiger partial charge in [0.25, 0.3) is 5.91 Å². The van der Waals surface area contributed by atoms with Crippen molar-refractivity contribution in [2.45, 2.75) is 45.6 Å². The van der Waals surface area contributed by atoms with Gasteiger partial charge in [0.2, 0.25) is 0 Å². The van der Waals surface area contributed by atoms with Crippen LogP contribution in [0.5, 0.6) is 0 Å². The maximum atomic E-state index is 11.9. The second-order valence-electron chi connectivity index (χ2n) is 5.65. The van der Waals surface area contributed by atoms with Crippen molar-refractivity contribution < 1.29 is 4.79 Å². The lowest BCUT2D eigenvalue weighted by Crippen LogP contribution is -2.39. The quantitative estimate of drug-likeness (QED) is 0.852. The first-order valence-corrected chi connectivity index (χ1v) is 6.28. The Morgan fingerprint density at radius 3 is 2.47 bits per heavy atom. The molecule has 0 atom stereocenters. The van der Waals surface area contributed by atoms with Crippen molar-refractivity contribution in [3.05, 3.63) is 30.1 Å². The Morgan fingerprint density at radius 2 is 1.88 bits per heavy atom. The maximum Gasteiger partial charge on any atom is 0.251 e. The number of amides is 1. The SMILES string of the molecule is CC1(C)CCC(NC(=O)c2ccncc2)CC1. The second-order valence-corrected chi connectivity index (χ2v) is 5.65. The van der Waals surface area contributed by atoms with Crippen molar-refractivity contribution in [2.75, 3.05) is 0 Å². The zero-order valence-electron chi connectivity index (χ0n) is 10.6. The zero-order valence-corrected chi connectivity index (χ0v) is 10.6. The van der Waals surface area contributed by atoms with Gasteiger partial charge >= 0.3 is 0 Å². The summed E-state index contributed by atoms with van der Waals surface area (Å²) in [4.78, 5) is 15.8. The summed E-state index contributed by atoms with van der Waals surface area (Å²) in [5, 5.41) is 3.11. The van der Waals surface area contributed by atoms with Gasteiger partial charge in [0.1, 0.15) is 0 Å². The molecule has 0 aromatic carbocycles. The predicted molar refractivity (Wildman–Crippen MR) is 67.7 cm³/mol. The lowest BCUT2D eigenvalue weighted by molar-refractivity contribution is 0.0909. The standard InChI is InChI=1S/C14H20N2O/c1-14(2)7-3-12(4-8-14)16-13(17)11-5-9-15-10-6-11/h5-6,9-10,12H,3-4,7-8H2,1-2H3,(H,16,17). The van der Waals surface area contributed by atoms with E-state index >= 15 is 0 Å². The van der Waals surface area contributed by atoms with Gasteiger partial charge in [0.15, 0.2) is 0 Å². The number of pyridine rings is 1. The van der Waals surface area contributed by atoms with E-state index in [9.17, 15) is 4.79 Å². The summed E-state index contributed by atoms with van der Waals surface area (Å²) in [6, 6.07) is 3.84. The molecule has 1 amide bonds. The largest absolute Gasteiger partial charge is 0.349 e. The van der Waals surface area contributed by atoms with Crippen molar-refractivity contribution >= 4 is 5.91 Å². The van der Waals surface area contributed by atoms with Crippen LogP contribution in [0.2, 0.25) is 0 Å². The molecule has 1 heterocycles. The van der Waals surface area contributed by atoms with Crippen LogP contribution in [0.15, 0.2) is 24.5 Å². The summed E-state index contributed by atoms with van der Waals surface area (Å²) < 4.78 is 0. The number of carbonyl (C=O) groups is 1. The molecule has 1 aliphatic rings. The minimum Gasteiger partial charge on any atom is -0.349 e. The second kappa shape index (κ2) is 4.86. The molecule has 92 valence electrons. The van der Waals surface area contributed by atoms with E-state index in [1.165, 1.54) is 12.8 Å². The zero-order chi connectivity index (χ0) is 12.3. The van der Waals surface area contributed by atoms with Crippen molar-refractivity contribution in [3.63, 3.8) is 0 Å². The van der Waals surface area contributed by atoms with Crippen molar-refractivity contribution in [1.29, 1.82) is 0 Å². The van der Waals surface area contributed by atoms with Crippen molar-refractivity contribution in [2.24, 2.45) is 5.41 Å². The lowest BCUT2D eigenvalue weighted by atomic mass is 9.75. The third-order valence-electron chi connectivity index (χ3n) is 3.62. The molecule has 0 aliphatic heterocycles. The van der Waals surface area contributed by atoms with Gasteiger partial charge in [0, 0.05) is 24.0 Å². The van der Waals surface area contributed by atoms with Gasteiger partial charge in [-0.3, -0.25) is 9.78 Å². The highest BCUT2D eigenvalue weighted by Gasteiger charge is 2.27. The first kappa shape index (κ1) is 12.1. The Labute approximate surface area is 103 Å². The predicted octanol–water partition coefficient (Wildman–Crippen LogP) is 2.78. The molecule has 3 nitrogen and oxygen atoms in total. The molecule has 2 rings (SSSR count). The molecule has 17 heavy (non-hydrogen) atoms. The summed E-state index contributed by atoms with van der Waals surface area (Å²) in [6.45, 7) is 4.60. The summed E-state index contributed by atoms with van der Waals surface area (Å²) in [5.74, 6) is 0.0251. The highest BCUT2D eigenvalue weighted by Crippen LogP contribution is 2.34. The van der Waals surface area contributed by atoms with Gasteiger partial charge in [-0.15, -0.1) is 0 Å². The van der Waals surface area contributed by atoms with Crippen molar-refractivity contribution in [1.82, 2.24) is 10.3 Å². The first-order chi connectivity index (χ1) is 8.07. The third-order valence-corrected chi connectivity index (χ3v) is 3.62. The van der Waals surface area contributed by atoms with Crippen LogP contribution < -0.4 is 5.32 Å². The van der Waals surface area contributed by atoms with E-state index in [0.29, 0.717) is 17.0 Å². The van der Waals surface area contributed by atoms with E-state index in [0.717, 1.165) is 12.8 Å². The van der Waals surface area contributed by atoms with Crippen LogP contribution in [0, 0.1) is 5.41 Å². The molecule has 0 saturated heterocycles. The van der Waals surface area contributed by atoms with Crippen LogP contribution in [-0.2, 0) is 0 Å². The van der Waals surface area contributed by atoms with E-state index in [2.05, 4.69) is 24.1 Å². The number of hydrogen-bond acceptors (Lipinski definition) is 2. The minimum absolute atomic E-state index is 0.0251. The van der Waals surface area contributed by atoms with Crippen LogP contribution >= 0.6 is 0 Å². The molecule has 0 radical (unpaired) electrons. The lowest BCUT2D eigenvalue weighted by Gasteiger charge is -2.34. The highest BCUT2D eigenvalue weighted by molar-refractivity contribution is 5.94. The van der Waals surface area contributed by atoms with E-state index in [4.69, 9.17) is 0 Å². The van der Waals surface area contributed by atoms with Gasteiger partial charge in [-0.2, -0.15) is 0 Å².